The van der Waals surface area contributed by atoms with Crippen molar-refractivity contribution < 1.29 is 19.0 Å². The Kier molecular flexibility index (Phi) is 5.31. The van der Waals surface area contributed by atoms with Crippen molar-refractivity contribution in [3.8, 4) is 0 Å². The van der Waals surface area contributed by atoms with E-state index in [1.54, 1.807) is 0 Å². The predicted molar refractivity (Wildman–Crippen MR) is 73.7 cm³/mol. The van der Waals surface area contributed by atoms with Crippen LogP contribution >= 0.6 is 0 Å². The minimum absolute atomic E-state index is 0.0311. The van der Waals surface area contributed by atoms with E-state index in [2.05, 4.69) is 10.2 Å². The highest BCUT2D eigenvalue weighted by atomic mass is 19.1. The van der Waals surface area contributed by atoms with Gasteiger partial charge in [-0.05, 0) is 31.2 Å². The molecule has 1 aromatic carbocycles. The van der Waals surface area contributed by atoms with Gasteiger partial charge in [0.2, 0.25) is 0 Å². The Morgan fingerprint density at radius 3 is 2.85 bits per heavy atom. The molecule has 2 N–H and O–H groups in total. The van der Waals surface area contributed by atoms with Crippen molar-refractivity contribution >= 4 is 11.7 Å². The van der Waals surface area contributed by atoms with Crippen LogP contribution in [0.5, 0.6) is 0 Å². The average molecular weight is 282 g/mol. The van der Waals surface area contributed by atoms with E-state index in [1.807, 2.05) is 0 Å². The number of morpholine rings is 1. The van der Waals surface area contributed by atoms with Crippen molar-refractivity contribution in [2.75, 3.05) is 44.7 Å². The maximum Gasteiger partial charge on any atom is 0.337 e. The third-order valence-electron chi connectivity index (χ3n) is 3.28. The molecule has 2 rings (SSSR count). The highest BCUT2D eigenvalue weighted by molar-refractivity contribution is 5.94. The summed E-state index contributed by atoms with van der Waals surface area (Å²) in [6.07, 6.45) is 0.899. The minimum atomic E-state index is -1.12. The molecule has 1 aliphatic heterocycles. The summed E-state index contributed by atoms with van der Waals surface area (Å²) in [7, 11) is 0. The van der Waals surface area contributed by atoms with Crippen LogP contribution in [-0.2, 0) is 4.74 Å². The molecule has 1 heterocycles. The number of ether oxygens (including phenoxy) is 1. The lowest BCUT2D eigenvalue weighted by atomic mass is 10.1. The van der Waals surface area contributed by atoms with Crippen molar-refractivity contribution in [1.82, 2.24) is 4.90 Å². The number of rotatable bonds is 6. The van der Waals surface area contributed by atoms with Gasteiger partial charge in [-0.3, -0.25) is 4.90 Å². The zero-order valence-electron chi connectivity index (χ0n) is 11.3. The number of anilines is 1. The maximum atomic E-state index is 13.0. The largest absolute Gasteiger partial charge is 0.478 e. The van der Waals surface area contributed by atoms with Gasteiger partial charge in [-0.15, -0.1) is 0 Å². The molecule has 1 aliphatic rings. The monoisotopic (exact) mass is 282 g/mol. The first kappa shape index (κ1) is 14.7. The molecule has 0 atom stereocenters. The van der Waals surface area contributed by atoms with Crippen LogP contribution in [0.2, 0.25) is 0 Å². The molecule has 0 amide bonds. The van der Waals surface area contributed by atoms with Crippen LogP contribution in [0.15, 0.2) is 18.2 Å². The molecule has 110 valence electrons. The molecular weight excluding hydrogens is 263 g/mol. The van der Waals surface area contributed by atoms with Gasteiger partial charge >= 0.3 is 5.97 Å². The van der Waals surface area contributed by atoms with Gasteiger partial charge in [0.1, 0.15) is 5.82 Å². The van der Waals surface area contributed by atoms with E-state index in [1.165, 1.54) is 12.1 Å². The van der Waals surface area contributed by atoms with E-state index in [4.69, 9.17) is 9.84 Å². The molecular formula is C14H19FN2O3. The zero-order valence-corrected chi connectivity index (χ0v) is 11.3. The van der Waals surface area contributed by atoms with Crippen LogP contribution in [0, 0.1) is 5.82 Å². The average Bonchev–Trinajstić information content (AvgIpc) is 2.45. The van der Waals surface area contributed by atoms with E-state index < -0.39 is 11.8 Å². The summed E-state index contributed by atoms with van der Waals surface area (Å²) >= 11 is 0. The van der Waals surface area contributed by atoms with Gasteiger partial charge < -0.3 is 15.2 Å². The Hall–Kier alpha value is -1.66. The smallest absolute Gasteiger partial charge is 0.337 e. The summed E-state index contributed by atoms with van der Waals surface area (Å²) in [5.74, 6) is -1.67. The number of benzene rings is 1. The lowest BCUT2D eigenvalue weighted by Gasteiger charge is -2.26. The van der Waals surface area contributed by atoms with Crippen LogP contribution in [0.3, 0.4) is 0 Å². The number of aromatic carboxylic acids is 1. The van der Waals surface area contributed by atoms with Gasteiger partial charge in [-0.2, -0.15) is 0 Å². The molecule has 5 nitrogen and oxygen atoms in total. The van der Waals surface area contributed by atoms with Gasteiger partial charge in [-0.25, -0.2) is 9.18 Å². The zero-order chi connectivity index (χ0) is 14.4. The number of carboxylic acids is 1. The van der Waals surface area contributed by atoms with Crippen molar-refractivity contribution in [3.63, 3.8) is 0 Å². The molecule has 0 saturated carbocycles. The molecule has 6 heteroatoms. The number of carboxylic acid groups (broad SMARTS) is 1. The summed E-state index contributed by atoms with van der Waals surface area (Å²) in [4.78, 5) is 13.3. The van der Waals surface area contributed by atoms with Crippen LogP contribution in [0.1, 0.15) is 16.8 Å². The molecule has 0 radical (unpaired) electrons. The molecule has 0 spiro atoms. The summed E-state index contributed by atoms with van der Waals surface area (Å²) in [5, 5.41) is 12.1. The first-order chi connectivity index (χ1) is 9.66. The standard InChI is InChI=1S/C14H19FN2O3/c15-11-2-3-13(12(10-11)14(18)19)16-4-1-5-17-6-8-20-9-7-17/h2-3,10,16H,1,4-9H2,(H,18,19). The third-order valence-corrected chi connectivity index (χ3v) is 3.28. The fourth-order valence-corrected chi connectivity index (χ4v) is 2.20. The van der Waals surface area contributed by atoms with Crippen molar-refractivity contribution in [2.24, 2.45) is 0 Å². The highest BCUT2D eigenvalue weighted by Gasteiger charge is 2.12. The fourth-order valence-electron chi connectivity index (χ4n) is 2.20. The van der Waals surface area contributed by atoms with E-state index in [-0.39, 0.29) is 5.56 Å². The molecule has 0 unspecified atom stereocenters. The minimum Gasteiger partial charge on any atom is -0.478 e. The van der Waals surface area contributed by atoms with Crippen molar-refractivity contribution in [1.29, 1.82) is 0 Å². The number of nitrogens with one attached hydrogen (secondary N) is 1. The number of hydrogen-bond donors (Lipinski definition) is 2. The predicted octanol–water partition coefficient (Wildman–Crippen LogP) is 1.66. The first-order valence-electron chi connectivity index (χ1n) is 6.73. The summed E-state index contributed by atoms with van der Waals surface area (Å²) in [6.45, 7) is 5.03. The number of nitrogens with zero attached hydrogens (tertiary/aromatic N) is 1. The first-order valence-corrected chi connectivity index (χ1v) is 6.73. The number of carbonyl (C=O) groups is 1. The topological polar surface area (TPSA) is 61.8 Å². The fraction of sp³-hybridized carbons (Fsp3) is 0.500. The Morgan fingerprint density at radius 1 is 1.40 bits per heavy atom. The molecule has 0 aliphatic carbocycles. The molecule has 1 aromatic rings. The molecule has 20 heavy (non-hydrogen) atoms. The number of hydrogen-bond acceptors (Lipinski definition) is 4. The SMILES string of the molecule is O=C(O)c1cc(F)ccc1NCCCN1CCOCC1. The highest BCUT2D eigenvalue weighted by Crippen LogP contribution is 2.17. The normalized spacial score (nSPS) is 16.1. The molecule has 0 aromatic heterocycles. The van der Waals surface area contributed by atoms with Gasteiger partial charge in [0.05, 0.1) is 18.8 Å². The second-order valence-electron chi connectivity index (χ2n) is 4.73. The quantitative estimate of drug-likeness (QED) is 0.777. The molecule has 1 saturated heterocycles. The number of halogens is 1. The Labute approximate surface area is 117 Å². The van der Waals surface area contributed by atoms with Crippen LogP contribution in [0.4, 0.5) is 10.1 Å². The summed E-state index contributed by atoms with van der Waals surface area (Å²) < 4.78 is 18.3. The second-order valence-corrected chi connectivity index (χ2v) is 4.73. The summed E-state index contributed by atoms with van der Waals surface area (Å²) in [5.41, 5.74) is 0.428. The van der Waals surface area contributed by atoms with E-state index in [9.17, 15) is 9.18 Å². The van der Waals surface area contributed by atoms with Gasteiger partial charge in [0.25, 0.3) is 0 Å². The van der Waals surface area contributed by atoms with Crippen molar-refractivity contribution in [2.45, 2.75) is 6.42 Å². The Bertz CT molecular complexity index is 462. The molecule has 0 bridgehead atoms. The lowest BCUT2D eigenvalue weighted by Crippen LogP contribution is -2.37. The van der Waals surface area contributed by atoms with Crippen LogP contribution in [-0.4, -0.2) is 55.4 Å². The van der Waals surface area contributed by atoms with Crippen LogP contribution in [0.25, 0.3) is 0 Å². The van der Waals surface area contributed by atoms with E-state index in [0.717, 1.165) is 45.3 Å². The Balaban J connectivity index is 1.80. The summed E-state index contributed by atoms with van der Waals surface area (Å²) in [6, 6.07) is 3.76. The van der Waals surface area contributed by atoms with Crippen LogP contribution < -0.4 is 5.32 Å². The van der Waals surface area contributed by atoms with Gasteiger partial charge in [0, 0.05) is 25.3 Å². The second kappa shape index (κ2) is 7.21. The van der Waals surface area contributed by atoms with Gasteiger partial charge in [0.15, 0.2) is 0 Å². The van der Waals surface area contributed by atoms with E-state index >= 15 is 0 Å². The van der Waals surface area contributed by atoms with Gasteiger partial charge in [-0.1, -0.05) is 0 Å². The maximum absolute atomic E-state index is 13.0. The van der Waals surface area contributed by atoms with E-state index in [0.29, 0.717) is 12.2 Å². The third kappa shape index (κ3) is 4.18. The van der Waals surface area contributed by atoms with Crippen molar-refractivity contribution in [3.05, 3.63) is 29.6 Å². The Morgan fingerprint density at radius 2 is 2.15 bits per heavy atom. The molecule has 1 fully saturated rings. The lowest BCUT2D eigenvalue weighted by molar-refractivity contribution is 0.0378.